The summed E-state index contributed by atoms with van der Waals surface area (Å²) < 4.78 is 62.0. The van der Waals surface area contributed by atoms with Gasteiger partial charge in [0.1, 0.15) is 12.3 Å². The smallest absolute Gasteiger partial charge is 0.328 e. The van der Waals surface area contributed by atoms with Crippen LogP contribution >= 0.6 is 0 Å². The lowest BCUT2D eigenvalue weighted by Gasteiger charge is -2.24. The van der Waals surface area contributed by atoms with Crippen LogP contribution in [0.1, 0.15) is 25.0 Å². The molecule has 0 saturated heterocycles. The molecule has 9 heteroatoms. The average molecular weight is 376 g/mol. The largest absolute Gasteiger partial charge is 0.406 e. The van der Waals surface area contributed by atoms with Crippen LogP contribution in [0.4, 0.5) is 13.2 Å². The number of nitriles is 1. The summed E-state index contributed by atoms with van der Waals surface area (Å²) in [5, 5.41) is 8.72. The van der Waals surface area contributed by atoms with Crippen LogP contribution in [0.15, 0.2) is 24.3 Å². The molecule has 0 aliphatic rings. The van der Waals surface area contributed by atoms with Gasteiger partial charge >= 0.3 is 6.18 Å². The first kappa shape index (κ1) is 21.0. The molecule has 0 aliphatic carbocycles. The lowest BCUT2D eigenvalue weighted by molar-refractivity contribution is -0.160. The van der Waals surface area contributed by atoms with Gasteiger partial charge in [0.25, 0.3) is 0 Å². The van der Waals surface area contributed by atoms with Gasteiger partial charge in [0.2, 0.25) is 5.91 Å². The highest BCUT2D eigenvalue weighted by atomic mass is 32.2. The molecular formula is C16H19F3N2O3S. The Kier molecular flexibility index (Phi) is 6.99. The minimum atomic E-state index is -4.65. The summed E-state index contributed by atoms with van der Waals surface area (Å²) in [7, 11) is -3.79. The van der Waals surface area contributed by atoms with E-state index in [1.165, 1.54) is 24.3 Å². The highest BCUT2D eigenvalue weighted by Gasteiger charge is 2.34. The molecule has 0 heterocycles. The highest BCUT2D eigenvalue weighted by molar-refractivity contribution is 7.92. The van der Waals surface area contributed by atoms with E-state index in [2.05, 4.69) is 0 Å². The number of sulfone groups is 1. The van der Waals surface area contributed by atoms with Crippen molar-refractivity contribution >= 4 is 15.7 Å². The van der Waals surface area contributed by atoms with Gasteiger partial charge in [-0.2, -0.15) is 18.4 Å². The molecule has 0 aliphatic heterocycles. The predicted octanol–water partition coefficient (Wildman–Crippen LogP) is 2.52. The molecule has 1 rings (SSSR count). The molecule has 1 aromatic rings. The molecule has 0 fully saturated rings. The Bertz CT molecular complexity index is 735. The SMILES string of the molecule is CC(C)CS(=O)(=O)CC(=O)N(Cc1ccc(C#N)cc1)CC(F)(F)F. The van der Waals surface area contributed by atoms with Crippen molar-refractivity contribution < 1.29 is 26.4 Å². The normalized spacial score (nSPS) is 12.0. The van der Waals surface area contributed by atoms with Gasteiger partial charge in [-0.25, -0.2) is 8.42 Å². The fourth-order valence-corrected chi connectivity index (χ4v) is 3.89. The van der Waals surface area contributed by atoms with Crippen molar-refractivity contribution in [1.82, 2.24) is 4.90 Å². The molecule has 0 unspecified atom stereocenters. The molecule has 0 N–H and O–H groups in total. The van der Waals surface area contributed by atoms with Gasteiger partial charge in [-0.1, -0.05) is 26.0 Å². The summed E-state index contributed by atoms with van der Waals surface area (Å²) in [5.74, 6) is -2.55. The Morgan fingerprint density at radius 1 is 1.24 bits per heavy atom. The van der Waals surface area contributed by atoms with E-state index in [1.54, 1.807) is 13.8 Å². The first-order valence-electron chi connectivity index (χ1n) is 7.46. The van der Waals surface area contributed by atoms with Crippen molar-refractivity contribution in [2.75, 3.05) is 18.1 Å². The van der Waals surface area contributed by atoms with Crippen molar-refractivity contribution in [3.8, 4) is 6.07 Å². The highest BCUT2D eigenvalue weighted by Crippen LogP contribution is 2.19. The minimum Gasteiger partial charge on any atom is -0.328 e. The van der Waals surface area contributed by atoms with Crippen molar-refractivity contribution in [2.24, 2.45) is 5.92 Å². The third-order valence-corrected chi connectivity index (χ3v) is 4.97. The summed E-state index contributed by atoms with van der Waals surface area (Å²) >= 11 is 0. The number of amides is 1. The molecule has 138 valence electrons. The predicted molar refractivity (Wildman–Crippen MR) is 86.1 cm³/mol. The monoisotopic (exact) mass is 376 g/mol. The molecule has 0 radical (unpaired) electrons. The first-order valence-corrected chi connectivity index (χ1v) is 9.28. The lowest BCUT2D eigenvalue weighted by atomic mass is 10.1. The molecule has 1 amide bonds. The molecule has 0 spiro atoms. The fraction of sp³-hybridized carbons (Fsp3) is 0.500. The maximum atomic E-state index is 12.7. The van der Waals surface area contributed by atoms with Crippen LogP contribution < -0.4 is 0 Å². The van der Waals surface area contributed by atoms with E-state index in [-0.39, 0.29) is 18.2 Å². The zero-order valence-corrected chi connectivity index (χ0v) is 14.7. The van der Waals surface area contributed by atoms with Crippen LogP contribution in [-0.2, 0) is 21.2 Å². The third-order valence-electron chi connectivity index (χ3n) is 3.11. The van der Waals surface area contributed by atoms with E-state index >= 15 is 0 Å². The van der Waals surface area contributed by atoms with Crippen LogP contribution in [0.25, 0.3) is 0 Å². The van der Waals surface area contributed by atoms with E-state index < -0.39 is 34.2 Å². The van der Waals surface area contributed by atoms with Gasteiger partial charge < -0.3 is 4.90 Å². The van der Waals surface area contributed by atoms with Gasteiger partial charge in [-0.05, 0) is 23.6 Å². The molecule has 0 aromatic heterocycles. The molecule has 5 nitrogen and oxygen atoms in total. The molecule has 0 bridgehead atoms. The van der Waals surface area contributed by atoms with E-state index in [0.717, 1.165) is 0 Å². The van der Waals surface area contributed by atoms with E-state index in [9.17, 15) is 26.4 Å². The van der Waals surface area contributed by atoms with E-state index in [1.807, 2.05) is 6.07 Å². The maximum Gasteiger partial charge on any atom is 0.406 e. The van der Waals surface area contributed by atoms with Gasteiger partial charge in [0.15, 0.2) is 9.84 Å². The Morgan fingerprint density at radius 2 is 1.80 bits per heavy atom. The number of carbonyl (C=O) groups excluding carboxylic acids is 1. The zero-order chi connectivity index (χ0) is 19.3. The summed E-state index contributed by atoms with van der Waals surface area (Å²) in [5.41, 5.74) is 0.704. The number of rotatable bonds is 7. The summed E-state index contributed by atoms with van der Waals surface area (Å²) in [6.45, 7) is 1.36. The molecule has 25 heavy (non-hydrogen) atoms. The van der Waals surface area contributed by atoms with Gasteiger partial charge in [0.05, 0.1) is 17.4 Å². The number of carbonyl (C=O) groups is 1. The number of nitrogens with zero attached hydrogens (tertiary/aromatic N) is 2. The van der Waals surface area contributed by atoms with Gasteiger partial charge in [0, 0.05) is 6.54 Å². The molecule has 0 atom stereocenters. The lowest BCUT2D eigenvalue weighted by Crippen LogP contribution is -2.42. The quantitative estimate of drug-likeness (QED) is 0.733. The van der Waals surface area contributed by atoms with Crippen LogP contribution in [0.3, 0.4) is 0 Å². The number of halogens is 3. The van der Waals surface area contributed by atoms with Gasteiger partial charge in [-0.15, -0.1) is 0 Å². The zero-order valence-electron chi connectivity index (χ0n) is 13.9. The number of benzene rings is 1. The van der Waals surface area contributed by atoms with Crippen LogP contribution in [0.2, 0.25) is 0 Å². The fourth-order valence-electron chi connectivity index (χ4n) is 2.20. The second-order valence-electron chi connectivity index (χ2n) is 6.12. The summed E-state index contributed by atoms with van der Waals surface area (Å²) in [4.78, 5) is 12.6. The average Bonchev–Trinajstić information content (AvgIpc) is 2.44. The third kappa shape index (κ3) is 8.03. The maximum absolute atomic E-state index is 12.7. The van der Waals surface area contributed by atoms with Crippen molar-refractivity contribution in [3.63, 3.8) is 0 Å². The Hall–Kier alpha value is -2.08. The van der Waals surface area contributed by atoms with Gasteiger partial charge in [-0.3, -0.25) is 4.79 Å². The minimum absolute atomic E-state index is 0.229. The number of hydrogen-bond donors (Lipinski definition) is 0. The molecule has 1 aromatic carbocycles. The standard InChI is InChI=1S/C16H19F3N2O3S/c1-12(2)9-25(23,24)10-15(22)21(11-16(17,18)19)8-14-5-3-13(7-20)4-6-14/h3-6,12H,8-11H2,1-2H3. The molecular weight excluding hydrogens is 357 g/mol. The summed E-state index contributed by atoms with van der Waals surface area (Å²) in [6, 6.07) is 7.57. The van der Waals surface area contributed by atoms with Crippen molar-refractivity contribution in [3.05, 3.63) is 35.4 Å². The second kappa shape index (κ2) is 8.34. The van der Waals surface area contributed by atoms with Crippen LogP contribution in [0.5, 0.6) is 0 Å². The Balaban J connectivity index is 2.95. The van der Waals surface area contributed by atoms with Crippen LogP contribution in [-0.4, -0.2) is 43.5 Å². The van der Waals surface area contributed by atoms with Crippen LogP contribution in [0, 0.1) is 17.2 Å². The molecule has 0 saturated carbocycles. The number of hydrogen-bond acceptors (Lipinski definition) is 4. The Morgan fingerprint density at radius 3 is 2.24 bits per heavy atom. The number of alkyl halides is 3. The Labute approximate surface area is 145 Å². The van der Waals surface area contributed by atoms with E-state index in [0.29, 0.717) is 16.0 Å². The topological polar surface area (TPSA) is 78.2 Å². The van der Waals surface area contributed by atoms with Crippen molar-refractivity contribution in [2.45, 2.75) is 26.6 Å². The van der Waals surface area contributed by atoms with Crippen molar-refractivity contribution in [1.29, 1.82) is 5.26 Å². The van der Waals surface area contributed by atoms with E-state index in [4.69, 9.17) is 5.26 Å². The first-order chi connectivity index (χ1) is 11.4. The second-order valence-corrected chi connectivity index (χ2v) is 8.23. The summed E-state index contributed by atoms with van der Waals surface area (Å²) in [6.07, 6.45) is -4.65.